The largest absolute Gasteiger partial charge is 0.497 e. The molecule has 0 spiro atoms. The number of carbonyl (C=O) groups excluding carboxylic acids is 2. The lowest BCUT2D eigenvalue weighted by Gasteiger charge is -2.35. The van der Waals surface area contributed by atoms with Crippen LogP contribution in [0.4, 0.5) is 10.1 Å². The van der Waals surface area contributed by atoms with E-state index in [1.165, 1.54) is 6.07 Å². The summed E-state index contributed by atoms with van der Waals surface area (Å²) in [6, 6.07) is 13.9. The van der Waals surface area contributed by atoms with Crippen LogP contribution in [0, 0.1) is 5.82 Å². The normalized spacial score (nSPS) is 14.5. The minimum Gasteiger partial charge on any atom is -0.497 e. The molecule has 1 N–H and O–H groups in total. The lowest BCUT2D eigenvalue weighted by Crippen LogP contribution is -2.51. The van der Waals surface area contributed by atoms with Crippen LogP contribution in [0.5, 0.6) is 5.75 Å². The van der Waals surface area contributed by atoms with Crippen molar-refractivity contribution in [2.45, 2.75) is 6.54 Å². The van der Waals surface area contributed by atoms with Gasteiger partial charge >= 0.3 is 0 Å². The zero-order valence-electron chi connectivity index (χ0n) is 18.0. The first-order valence-electron chi connectivity index (χ1n) is 10.3. The maximum atomic E-state index is 13.8. The summed E-state index contributed by atoms with van der Waals surface area (Å²) in [4.78, 5) is 30.5. The van der Waals surface area contributed by atoms with Crippen LogP contribution < -0.4 is 10.1 Å². The van der Waals surface area contributed by atoms with Crippen LogP contribution >= 0.6 is 0 Å². The van der Waals surface area contributed by atoms with Crippen LogP contribution in [0.2, 0.25) is 0 Å². The zero-order chi connectivity index (χ0) is 22.2. The molecule has 166 valence electrons. The zero-order valence-corrected chi connectivity index (χ0v) is 18.0. The molecule has 0 radical (unpaired) electrons. The number of hydrogen-bond donors (Lipinski definition) is 1. The van der Waals surface area contributed by atoms with Gasteiger partial charge in [0.25, 0.3) is 0 Å². The molecule has 0 aromatic heterocycles. The van der Waals surface area contributed by atoms with Gasteiger partial charge in [-0.25, -0.2) is 4.39 Å². The van der Waals surface area contributed by atoms with Gasteiger partial charge in [-0.1, -0.05) is 18.2 Å². The fourth-order valence-corrected chi connectivity index (χ4v) is 3.53. The Balaban J connectivity index is 1.39. The highest BCUT2D eigenvalue weighted by atomic mass is 19.1. The second kappa shape index (κ2) is 10.9. The molecular weight excluding hydrogens is 399 g/mol. The van der Waals surface area contributed by atoms with Crippen LogP contribution in [0.1, 0.15) is 5.56 Å². The van der Waals surface area contributed by atoms with Gasteiger partial charge in [0.2, 0.25) is 11.8 Å². The van der Waals surface area contributed by atoms with Crippen LogP contribution in [0.15, 0.2) is 48.5 Å². The molecular formula is C23H29FN4O3. The Bertz CT molecular complexity index is 883. The fourth-order valence-electron chi connectivity index (χ4n) is 3.53. The summed E-state index contributed by atoms with van der Waals surface area (Å²) in [6.45, 7) is 3.41. The van der Waals surface area contributed by atoms with Gasteiger partial charge in [0.15, 0.2) is 0 Å². The molecule has 0 unspecified atom stereocenters. The van der Waals surface area contributed by atoms with Crippen LogP contribution in [-0.4, -0.2) is 79.9 Å². The Morgan fingerprint density at radius 3 is 2.35 bits per heavy atom. The Kier molecular flexibility index (Phi) is 7.97. The van der Waals surface area contributed by atoms with Gasteiger partial charge in [0, 0.05) is 44.0 Å². The summed E-state index contributed by atoms with van der Waals surface area (Å²) in [6.07, 6.45) is 0. The van der Waals surface area contributed by atoms with E-state index in [-0.39, 0.29) is 30.7 Å². The molecule has 1 heterocycles. The van der Waals surface area contributed by atoms with Crippen LogP contribution in [0.3, 0.4) is 0 Å². The number of methoxy groups -OCH3 is 1. The predicted molar refractivity (Wildman–Crippen MR) is 117 cm³/mol. The quantitative estimate of drug-likeness (QED) is 0.697. The number of anilines is 1. The van der Waals surface area contributed by atoms with E-state index in [0.29, 0.717) is 44.0 Å². The minimum atomic E-state index is -0.199. The summed E-state index contributed by atoms with van der Waals surface area (Å²) >= 11 is 0. The molecule has 1 aliphatic rings. The van der Waals surface area contributed by atoms with E-state index in [9.17, 15) is 14.0 Å². The van der Waals surface area contributed by atoms with Crippen molar-refractivity contribution in [3.63, 3.8) is 0 Å². The smallest absolute Gasteiger partial charge is 0.238 e. The van der Waals surface area contributed by atoms with Crippen molar-refractivity contribution in [3.05, 3.63) is 59.9 Å². The minimum absolute atomic E-state index is 0.00899. The summed E-state index contributed by atoms with van der Waals surface area (Å²) in [5.74, 6) is 0.325. The standard InChI is InChI=1S/C23H29FN4O3/c1-26(16-22(29)25-19-7-9-20(31-2)10-8-19)17-23(30)28-13-11-27(12-14-28)15-18-5-3-4-6-21(18)24/h3-10H,11-17H2,1-2H3,(H,25,29). The van der Waals surface area contributed by atoms with Crippen molar-refractivity contribution in [2.24, 2.45) is 0 Å². The number of ether oxygens (including phenoxy) is 1. The molecule has 0 bridgehead atoms. The number of nitrogens with zero attached hydrogens (tertiary/aromatic N) is 3. The molecule has 8 heteroatoms. The third-order valence-electron chi connectivity index (χ3n) is 5.27. The molecule has 0 atom stereocenters. The third kappa shape index (κ3) is 6.77. The van der Waals surface area contributed by atoms with Gasteiger partial charge in [-0.2, -0.15) is 0 Å². The SMILES string of the molecule is COc1ccc(NC(=O)CN(C)CC(=O)N2CCN(Cc3ccccc3F)CC2)cc1. The fraction of sp³-hybridized carbons (Fsp3) is 0.391. The average molecular weight is 429 g/mol. The second-order valence-corrected chi connectivity index (χ2v) is 7.70. The Morgan fingerprint density at radius 2 is 1.71 bits per heavy atom. The van der Waals surface area contributed by atoms with E-state index in [1.807, 2.05) is 6.07 Å². The Hall–Kier alpha value is -2.97. The molecule has 7 nitrogen and oxygen atoms in total. The van der Waals surface area contributed by atoms with Gasteiger partial charge in [-0.3, -0.25) is 19.4 Å². The molecule has 31 heavy (non-hydrogen) atoms. The van der Waals surface area contributed by atoms with Gasteiger partial charge in [-0.05, 0) is 37.4 Å². The highest BCUT2D eigenvalue weighted by Crippen LogP contribution is 2.15. The molecule has 3 rings (SSSR count). The van der Waals surface area contributed by atoms with Crippen molar-refractivity contribution in [1.82, 2.24) is 14.7 Å². The van der Waals surface area contributed by atoms with E-state index in [1.54, 1.807) is 60.4 Å². The topological polar surface area (TPSA) is 65.1 Å². The first kappa shape index (κ1) is 22.7. The summed E-state index contributed by atoms with van der Waals surface area (Å²) in [5.41, 5.74) is 1.35. The number of rotatable bonds is 8. The van der Waals surface area contributed by atoms with Gasteiger partial charge in [-0.15, -0.1) is 0 Å². The number of carbonyl (C=O) groups is 2. The lowest BCUT2D eigenvalue weighted by molar-refractivity contribution is -0.134. The van der Waals surface area contributed by atoms with E-state index < -0.39 is 0 Å². The highest BCUT2D eigenvalue weighted by molar-refractivity contribution is 5.92. The number of nitrogens with one attached hydrogen (secondary N) is 1. The molecule has 1 saturated heterocycles. The highest BCUT2D eigenvalue weighted by Gasteiger charge is 2.23. The van der Waals surface area contributed by atoms with Crippen molar-refractivity contribution in [1.29, 1.82) is 0 Å². The number of piperazine rings is 1. The summed E-state index contributed by atoms with van der Waals surface area (Å²) < 4.78 is 18.9. The molecule has 1 fully saturated rings. The first-order valence-corrected chi connectivity index (χ1v) is 10.3. The number of likely N-dealkylation sites (N-methyl/N-ethyl adjacent to an activating group) is 1. The maximum absolute atomic E-state index is 13.8. The molecule has 2 aromatic carbocycles. The van der Waals surface area contributed by atoms with Gasteiger partial charge < -0.3 is 15.0 Å². The van der Waals surface area contributed by atoms with E-state index in [4.69, 9.17) is 4.74 Å². The number of halogens is 1. The maximum Gasteiger partial charge on any atom is 0.238 e. The van der Waals surface area contributed by atoms with E-state index >= 15 is 0 Å². The number of benzene rings is 2. The van der Waals surface area contributed by atoms with E-state index in [2.05, 4.69) is 10.2 Å². The van der Waals surface area contributed by atoms with Crippen molar-refractivity contribution >= 4 is 17.5 Å². The first-order chi connectivity index (χ1) is 14.9. The number of hydrogen-bond acceptors (Lipinski definition) is 5. The molecule has 1 aliphatic heterocycles. The third-order valence-corrected chi connectivity index (χ3v) is 5.27. The molecule has 2 aromatic rings. The summed E-state index contributed by atoms with van der Waals surface area (Å²) in [7, 11) is 3.34. The van der Waals surface area contributed by atoms with E-state index in [0.717, 1.165) is 5.75 Å². The monoisotopic (exact) mass is 428 g/mol. The average Bonchev–Trinajstić information content (AvgIpc) is 2.76. The van der Waals surface area contributed by atoms with Crippen LogP contribution in [0.25, 0.3) is 0 Å². The van der Waals surface area contributed by atoms with Crippen molar-refractivity contribution in [3.8, 4) is 5.75 Å². The van der Waals surface area contributed by atoms with Gasteiger partial charge in [0.05, 0.1) is 20.2 Å². The lowest BCUT2D eigenvalue weighted by atomic mass is 10.2. The molecule has 0 saturated carbocycles. The Morgan fingerprint density at radius 1 is 1.03 bits per heavy atom. The van der Waals surface area contributed by atoms with Crippen LogP contribution in [-0.2, 0) is 16.1 Å². The second-order valence-electron chi connectivity index (χ2n) is 7.70. The molecule has 2 amide bonds. The van der Waals surface area contributed by atoms with Gasteiger partial charge in [0.1, 0.15) is 11.6 Å². The summed E-state index contributed by atoms with van der Waals surface area (Å²) in [5, 5.41) is 2.81. The Labute approximate surface area is 182 Å². The van der Waals surface area contributed by atoms with Crippen molar-refractivity contribution < 1.29 is 18.7 Å². The van der Waals surface area contributed by atoms with Crippen molar-refractivity contribution in [2.75, 3.05) is 58.7 Å². The molecule has 0 aliphatic carbocycles. The number of amides is 2. The predicted octanol–water partition coefficient (Wildman–Crippen LogP) is 2.05.